The molecule has 100 valence electrons. The van der Waals surface area contributed by atoms with Crippen LogP contribution in [-0.4, -0.2) is 24.5 Å². The summed E-state index contributed by atoms with van der Waals surface area (Å²) >= 11 is 3.49. The van der Waals surface area contributed by atoms with Crippen LogP contribution < -0.4 is 5.73 Å². The van der Waals surface area contributed by atoms with Crippen molar-refractivity contribution in [2.45, 2.75) is 32.2 Å². The lowest BCUT2D eigenvalue weighted by Gasteiger charge is -2.27. The van der Waals surface area contributed by atoms with E-state index in [1.54, 1.807) is 0 Å². The fourth-order valence-corrected chi connectivity index (χ4v) is 3.23. The Bertz CT molecular complexity index is 363. The average Bonchev–Trinajstić information content (AvgIpc) is 2.82. The number of hydrogen-bond donors (Lipinski definition) is 1. The summed E-state index contributed by atoms with van der Waals surface area (Å²) in [5.41, 5.74) is 7.33. The minimum Gasteiger partial charge on any atom is -0.329 e. The van der Waals surface area contributed by atoms with E-state index in [0.29, 0.717) is 12.6 Å². The highest BCUT2D eigenvalue weighted by Gasteiger charge is 2.27. The van der Waals surface area contributed by atoms with Crippen molar-refractivity contribution in [3.8, 4) is 0 Å². The van der Waals surface area contributed by atoms with Gasteiger partial charge in [-0.25, -0.2) is 0 Å². The number of halogens is 1. The highest BCUT2D eigenvalue weighted by atomic mass is 79.9. The topological polar surface area (TPSA) is 29.3 Å². The molecule has 1 heterocycles. The normalized spacial score (nSPS) is 22.3. The smallest absolute Gasteiger partial charge is 0.0470 e. The predicted octanol–water partition coefficient (Wildman–Crippen LogP) is 3.57. The van der Waals surface area contributed by atoms with Gasteiger partial charge in [-0.2, -0.15) is 0 Å². The lowest BCUT2D eigenvalue weighted by atomic mass is 10.0. The zero-order valence-electron chi connectivity index (χ0n) is 11.1. The molecule has 3 heteroatoms. The molecule has 0 spiro atoms. The minimum absolute atomic E-state index is 0.389. The van der Waals surface area contributed by atoms with Crippen LogP contribution in [0, 0.1) is 5.92 Å². The van der Waals surface area contributed by atoms with Gasteiger partial charge in [0.25, 0.3) is 0 Å². The van der Waals surface area contributed by atoms with Gasteiger partial charge in [-0.15, -0.1) is 0 Å². The molecule has 1 aliphatic rings. The maximum absolute atomic E-state index is 5.99. The first-order valence-corrected chi connectivity index (χ1v) is 7.73. The fourth-order valence-electron chi connectivity index (χ4n) is 2.97. The molecular weight excluding hydrogens is 288 g/mol. The van der Waals surface area contributed by atoms with Crippen LogP contribution in [0.25, 0.3) is 0 Å². The highest BCUT2D eigenvalue weighted by Crippen LogP contribution is 2.29. The molecule has 1 aromatic rings. The van der Waals surface area contributed by atoms with Gasteiger partial charge in [-0.05, 0) is 43.0 Å². The van der Waals surface area contributed by atoms with Gasteiger partial charge in [0.05, 0.1) is 0 Å². The Morgan fingerprint density at radius 1 is 1.39 bits per heavy atom. The van der Waals surface area contributed by atoms with Crippen LogP contribution in [0.3, 0.4) is 0 Å². The van der Waals surface area contributed by atoms with E-state index in [0.717, 1.165) is 10.4 Å². The third kappa shape index (κ3) is 3.34. The van der Waals surface area contributed by atoms with Crippen molar-refractivity contribution < 1.29 is 0 Å². The van der Waals surface area contributed by atoms with E-state index >= 15 is 0 Å². The van der Waals surface area contributed by atoms with E-state index in [9.17, 15) is 0 Å². The van der Waals surface area contributed by atoms with Crippen molar-refractivity contribution in [3.63, 3.8) is 0 Å². The summed E-state index contributed by atoms with van der Waals surface area (Å²) in [5, 5.41) is 0. The maximum Gasteiger partial charge on any atom is 0.0470 e. The molecule has 1 aromatic carbocycles. The van der Waals surface area contributed by atoms with E-state index in [1.807, 2.05) is 0 Å². The van der Waals surface area contributed by atoms with Crippen LogP contribution in [0.1, 0.15) is 37.8 Å². The lowest BCUT2D eigenvalue weighted by Crippen LogP contribution is -2.32. The Morgan fingerprint density at radius 3 is 2.72 bits per heavy atom. The fraction of sp³-hybridized carbons (Fsp3) is 0.600. The third-order valence-corrected chi connectivity index (χ3v) is 4.46. The number of hydrogen-bond acceptors (Lipinski definition) is 2. The second kappa shape index (κ2) is 6.69. The minimum atomic E-state index is 0.389. The van der Waals surface area contributed by atoms with Crippen molar-refractivity contribution in [1.29, 1.82) is 0 Å². The molecule has 2 atom stereocenters. The number of benzene rings is 1. The monoisotopic (exact) mass is 310 g/mol. The third-order valence-electron chi connectivity index (χ3n) is 3.93. The van der Waals surface area contributed by atoms with Gasteiger partial charge in [0.1, 0.15) is 0 Å². The van der Waals surface area contributed by atoms with Crippen molar-refractivity contribution in [3.05, 3.63) is 34.3 Å². The van der Waals surface area contributed by atoms with Crippen LogP contribution in [0.15, 0.2) is 28.7 Å². The molecule has 0 saturated carbocycles. The number of likely N-dealkylation sites (tertiary alicyclic amines) is 1. The number of nitrogens with zero attached hydrogens (tertiary/aromatic N) is 1. The Hall–Kier alpha value is -0.380. The summed E-state index contributed by atoms with van der Waals surface area (Å²) < 4.78 is 1.13. The van der Waals surface area contributed by atoms with Crippen LogP contribution in [-0.2, 0) is 0 Å². The summed E-state index contributed by atoms with van der Waals surface area (Å²) in [6.45, 7) is 5.40. The van der Waals surface area contributed by atoms with Gasteiger partial charge in [0, 0.05) is 23.6 Å². The van der Waals surface area contributed by atoms with E-state index in [-0.39, 0.29) is 0 Å². The van der Waals surface area contributed by atoms with Crippen LogP contribution in [0.4, 0.5) is 0 Å². The largest absolute Gasteiger partial charge is 0.329 e. The molecule has 2 rings (SSSR count). The molecule has 0 aliphatic carbocycles. The summed E-state index contributed by atoms with van der Waals surface area (Å²) in [6.07, 6.45) is 3.99. The van der Waals surface area contributed by atoms with E-state index in [2.05, 4.69) is 52.0 Å². The standard InChI is InChI=1S/C15H23BrN2/c1-2-3-12-8-9-18(11-12)15(10-17)13-4-6-14(16)7-5-13/h4-7,12,15H,2-3,8-11,17H2,1H3. The Morgan fingerprint density at radius 2 is 2.11 bits per heavy atom. The molecule has 0 aromatic heterocycles. The second-order valence-electron chi connectivity index (χ2n) is 5.24. The first-order chi connectivity index (χ1) is 8.74. The van der Waals surface area contributed by atoms with E-state index in [4.69, 9.17) is 5.73 Å². The number of nitrogens with two attached hydrogens (primary N) is 1. The molecule has 2 nitrogen and oxygen atoms in total. The van der Waals surface area contributed by atoms with Gasteiger partial charge in [0.15, 0.2) is 0 Å². The zero-order valence-corrected chi connectivity index (χ0v) is 12.7. The highest BCUT2D eigenvalue weighted by molar-refractivity contribution is 9.10. The van der Waals surface area contributed by atoms with Crippen LogP contribution in [0.5, 0.6) is 0 Å². The molecule has 1 fully saturated rings. The molecule has 1 aliphatic heterocycles. The Balaban J connectivity index is 2.03. The van der Waals surface area contributed by atoms with Gasteiger partial charge < -0.3 is 5.73 Å². The molecule has 2 N–H and O–H groups in total. The summed E-state index contributed by atoms with van der Waals surface area (Å²) in [7, 11) is 0. The van der Waals surface area contributed by atoms with E-state index < -0.39 is 0 Å². The number of rotatable bonds is 5. The van der Waals surface area contributed by atoms with Gasteiger partial charge in [-0.3, -0.25) is 4.90 Å². The first-order valence-electron chi connectivity index (χ1n) is 6.94. The Labute approximate surface area is 119 Å². The molecule has 0 bridgehead atoms. The molecule has 0 amide bonds. The second-order valence-corrected chi connectivity index (χ2v) is 6.16. The van der Waals surface area contributed by atoms with Gasteiger partial charge in [0.2, 0.25) is 0 Å². The Kier molecular flexibility index (Phi) is 5.22. The van der Waals surface area contributed by atoms with Crippen molar-refractivity contribution >= 4 is 15.9 Å². The predicted molar refractivity (Wildman–Crippen MR) is 80.5 cm³/mol. The quantitative estimate of drug-likeness (QED) is 0.901. The molecule has 1 saturated heterocycles. The summed E-state index contributed by atoms with van der Waals surface area (Å²) in [6, 6.07) is 8.98. The summed E-state index contributed by atoms with van der Waals surface area (Å²) in [4.78, 5) is 2.56. The average molecular weight is 311 g/mol. The SMILES string of the molecule is CCCC1CCN(C(CN)c2ccc(Br)cc2)C1. The van der Waals surface area contributed by atoms with Crippen LogP contribution in [0.2, 0.25) is 0 Å². The van der Waals surface area contributed by atoms with Crippen molar-refractivity contribution in [1.82, 2.24) is 4.90 Å². The van der Waals surface area contributed by atoms with E-state index in [1.165, 1.54) is 37.9 Å². The summed E-state index contributed by atoms with van der Waals surface area (Å²) in [5.74, 6) is 0.875. The van der Waals surface area contributed by atoms with Crippen molar-refractivity contribution in [2.75, 3.05) is 19.6 Å². The molecular formula is C15H23BrN2. The lowest BCUT2D eigenvalue weighted by molar-refractivity contribution is 0.240. The van der Waals surface area contributed by atoms with Crippen molar-refractivity contribution in [2.24, 2.45) is 11.7 Å². The molecule has 0 radical (unpaired) electrons. The zero-order chi connectivity index (χ0) is 13.0. The van der Waals surface area contributed by atoms with Gasteiger partial charge in [-0.1, -0.05) is 41.4 Å². The molecule has 2 unspecified atom stereocenters. The van der Waals surface area contributed by atoms with Crippen LogP contribution >= 0.6 is 15.9 Å². The molecule has 18 heavy (non-hydrogen) atoms. The maximum atomic E-state index is 5.99. The first kappa shape index (κ1) is 14.0. The van der Waals surface area contributed by atoms with Gasteiger partial charge >= 0.3 is 0 Å².